The van der Waals surface area contributed by atoms with Gasteiger partial charge in [-0.1, -0.05) is 6.07 Å². The fourth-order valence-corrected chi connectivity index (χ4v) is 3.04. The lowest BCUT2D eigenvalue weighted by atomic mass is 10.1. The third-order valence-corrected chi connectivity index (χ3v) is 4.49. The molecule has 27 heavy (non-hydrogen) atoms. The number of pyridine rings is 1. The smallest absolute Gasteiger partial charge is 0.273 e. The van der Waals surface area contributed by atoms with Gasteiger partial charge in [0.05, 0.1) is 11.6 Å². The first-order valence-electron chi connectivity index (χ1n) is 9.10. The van der Waals surface area contributed by atoms with Crippen LogP contribution in [0.5, 0.6) is 5.75 Å². The van der Waals surface area contributed by atoms with Crippen molar-refractivity contribution in [2.24, 2.45) is 0 Å². The van der Waals surface area contributed by atoms with E-state index < -0.39 is 0 Å². The van der Waals surface area contributed by atoms with Crippen molar-refractivity contribution in [2.75, 3.05) is 13.2 Å². The van der Waals surface area contributed by atoms with Crippen molar-refractivity contribution >= 4 is 16.8 Å². The Morgan fingerprint density at radius 1 is 1.30 bits per heavy atom. The van der Waals surface area contributed by atoms with Crippen LogP contribution in [0.2, 0.25) is 0 Å². The third kappa shape index (κ3) is 4.43. The zero-order valence-corrected chi connectivity index (χ0v) is 14.9. The van der Waals surface area contributed by atoms with Crippen LogP contribution in [-0.4, -0.2) is 35.1 Å². The molecule has 7 nitrogen and oxygen atoms in total. The lowest BCUT2D eigenvalue weighted by Crippen LogP contribution is -2.35. The lowest BCUT2D eigenvalue weighted by molar-refractivity contribution is 0.0168. The summed E-state index contributed by atoms with van der Waals surface area (Å²) in [7, 11) is 0. The molecule has 1 amide bonds. The number of ether oxygens (including phenoxy) is 2. The van der Waals surface area contributed by atoms with E-state index in [1.165, 1.54) is 6.26 Å². The van der Waals surface area contributed by atoms with Gasteiger partial charge in [-0.25, -0.2) is 4.98 Å². The van der Waals surface area contributed by atoms with Crippen LogP contribution < -0.4 is 10.1 Å². The number of carbonyl (C=O) groups is 1. The standard InChI is InChI=1S/C20H21N3O4/c24-20(22-11-16-5-1-2-9-25-16)18-12-27-19(23-18)13-26-15-6-7-17-14(10-15)4-3-8-21-17/h3-4,6-8,10,12,16H,1-2,5,9,11,13H2,(H,22,24). The van der Waals surface area contributed by atoms with Gasteiger partial charge in [0.1, 0.15) is 12.0 Å². The van der Waals surface area contributed by atoms with E-state index in [4.69, 9.17) is 13.9 Å². The molecule has 0 spiro atoms. The second-order valence-corrected chi connectivity index (χ2v) is 6.47. The summed E-state index contributed by atoms with van der Waals surface area (Å²) in [5.41, 5.74) is 1.15. The van der Waals surface area contributed by atoms with Crippen molar-refractivity contribution < 1.29 is 18.7 Å². The number of hydrogen-bond donors (Lipinski definition) is 1. The Labute approximate surface area is 156 Å². The Hall–Kier alpha value is -2.93. The Bertz CT molecular complexity index is 918. The highest BCUT2D eigenvalue weighted by molar-refractivity contribution is 5.91. The molecule has 1 saturated heterocycles. The molecule has 2 aromatic heterocycles. The van der Waals surface area contributed by atoms with Crippen molar-refractivity contribution in [3.05, 3.63) is 54.4 Å². The molecule has 3 heterocycles. The minimum Gasteiger partial charge on any atom is -0.484 e. The SMILES string of the molecule is O=C(NCC1CCCCO1)c1coc(COc2ccc3ncccc3c2)n1. The zero-order chi connectivity index (χ0) is 18.5. The minimum atomic E-state index is -0.268. The van der Waals surface area contributed by atoms with Gasteiger partial charge in [0.25, 0.3) is 5.91 Å². The monoisotopic (exact) mass is 367 g/mol. The summed E-state index contributed by atoms with van der Waals surface area (Å²) >= 11 is 0. The molecule has 4 rings (SSSR count). The molecule has 0 radical (unpaired) electrons. The number of amides is 1. The molecule has 0 aliphatic carbocycles. The molecule has 1 aliphatic rings. The fourth-order valence-electron chi connectivity index (χ4n) is 3.04. The summed E-state index contributed by atoms with van der Waals surface area (Å²) in [5.74, 6) is 0.769. The number of nitrogens with one attached hydrogen (secondary N) is 1. The third-order valence-electron chi connectivity index (χ3n) is 4.49. The van der Waals surface area contributed by atoms with Gasteiger partial charge in [-0.15, -0.1) is 0 Å². The van der Waals surface area contributed by atoms with Crippen molar-refractivity contribution in [2.45, 2.75) is 32.0 Å². The molecule has 0 saturated carbocycles. The van der Waals surface area contributed by atoms with Gasteiger partial charge in [0.15, 0.2) is 12.3 Å². The second-order valence-electron chi connectivity index (χ2n) is 6.47. The Kier molecular flexibility index (Phi) is 5.29. The number of benzene rings is 1. The number of rotatable bonds is 6. The lowest BCUT2D eigenvalue weighted by Gasteiger charge is -2.22. The van der Waals surface area contributed by atoms with E-state index in [-0.39, 0.29) is 24.3 Å². The van der Waals surface area contributed by atoms with Gasteiger partial charge in [-0.3, -0.25) is 9.78 Å². The fraction of sp³-hybridized carbons (Fsp3) is 0.350. The van der Waals surface area contributed by atoms with E-state index in [9.17, 15) is 4.79 Å². The Balaban J connectivity index is 1.31. The average molecular weight is 367 g/mol. The quantitative estimate of drug-likeness (QED) is 0.720. The van der Waals surface area contributed by atoms with E-state index in [1.807, 2.05) is 30.3 Å². The zero-order valence-electron chi connectivity index (χ0n) is 14.9. The molecule has 1 aliphatic heterocycles. The van der Waals surface area contributed by atoms with Crippen LogP contribution in [0.3, 0.4) is 0 Å². The summed E-state index contributed by atoms with van der Waals surface area (Å²) in [4.78, 5) is 20.7. The van der Waals surface area contributed by atoms with E-state index in [2.05, 4.69) is 15.3 Å². The van der Waals surface area contributed by atoms with Crippen molar-refractivity contribution in [1.29, 1.82) is 0 Å². The second kappa shape index (κ2) is 8.18. The van der Waals surface area contributed by atoms with E-state index >= 15 is 0 Å². The highest BCUT2D eigenvalue weighted by atomic mass is 16.5. The summed E-state index contributed by atoms with van der Waals surface area (Å²) < 4.78 is 16.7. The van der Waals surface area contributed by atoms with Gasteiger partial charge in [0.2, 0.25) is 5.89 Å². The predicted molar refractivity (Wildman–Crippen MR) is 98.5 cm³/mol. The first kappa shape index (κ1) is 17.5. The number of nitrogens with zero attached hydrogens (tertiary/aromatic N) is 2. The molecular formula is C20H21N3O4. The molecule has 0 bridgehead atoms. The number of fused-ring (bicyclic) bond motifs is 1. The Morgan fingerprint density at radius 2 is 2.26 bits per heavy atom. The summed E-state index contributed by atoms with van der Waals surface area (Å²) in [6, 6.07) is 9.49. The first-order chi connectivity index (χ1) is 13.3. The van der Waals surface area contributed by atoms with Crippen molar-refractivity contribution in [1.82, 2.24) is 15.3 Å². The maximum atomic E-state index is 12.2. The summed E-state index contributed by atoms with van der Waals surface area (Å²) in [6.45, 7) is 1.39. The van der Waals surface area contributed by atoms with Crippen LogP contribution in [0.1, 0.15) is 35.6 Å². The van der Waals surface area contributed by atoms with E-state index in [0.717, 1.165) is 36.8 Å². The number of aromatic nitrogens is 2. The summed E-state index contributed by atoms with van der Waals surface area (Å²) in [6.07, 6.45) is 6.38. The minimum absolute atomic E-state index is 0.0831. The van der Waals surface area contributed by atoms with Crippen LogP contribution in [0.15, 0.2) is 47.2 Å². The number of carbonyl (C=O) groups excluding carboxylic acids is 1. The Morgan fingerprint density at radius 3 is 3.15 bits per heavy atom. The molecular weight excluding hydrogens is 346 g/mol. The van der Waals surface area contributed by atoms with Gasteiger partial charge in [-0.2, -0.15) is 0 Å². The normalized spacial score (nSPS) is 17.0. The van der Waals surface area contributed by atoms with Gasteiger partial charge in [0, 0.05) is 24.7 Å². The average Bonchev–Trinajstić information content (AvgIpc) is 3.20. The molecule has 1 fully saturated rings. The molecule has 1 aromatic carbocycles. The maximum absolute atomic E-state index is 12.2. The van der Waals surface area contributed by atoms with Crippen LogP contribution in [0.4, 0.5) is 0 Å². The highest BCUT2D eigenvalue weighted by Gasteiger charge is 2.17. The first-order valence-corrected chi connectivity index (χ1v) is 9.10. The van der Waals surface area contributed by atoms with Gasteiger partial charge < -0.3 is 19.2 Å². The van der Waals surface area contributed by atoms with Crippen LogP contribution in [0.25, 0.3) is 10.9 Å². The van der Waals surface area contributed by atoms with Crippen LogP contribution in [0, 0.1) is 0 Å². The molecule has 7 heteroatoms. The van der Waals surface area contributed by atoms with Crippen LogP contribution in [-0.2, 0) is 11.3 Å². The molecule has 1 unspecified atom stereocenters. The van der Waals surface area contributed by atoms with Crippen LogP contribution >= 0.6 is 0 Å². The summed E-state index contributed by atoms with van der Waals surface area (Å²) in [5, 5.41) is 3.83. The number of hydrogen-bond acceptors (Lipinski definition) is 6. The predicted octanol–water partition coefficient (Wildman–Crippen LogP) is 3.10. The molecule has 140 valence electrons. The molecule has 1 N–H and O–H groups in total. The van der Waals surface area contributed by atoms with E-state index in [1.54, 1.807) is 6.20 Å². The van der Waals surface area contributed by atoms with E-state index in [0.29, 0.717) is 18.2 Å². The number of oxazole rings is 1. The maximum Gasteiger partial charge on any atom is 0.273 e. The molecule has 3 aromatic rings. The van der Waals surface area contributed by atoms with Crippen molar-refractivity contribution in [3.63, 3.8) is 0 Å². The highest BCUT2D eigenvalue weighted by Crippen LogP contribution is 2.20. The topological polar surface area (TPSA) is 86.5 Å². The van der Waals surface area contributed by atoms with Gasteiger partial charge in [-0.05, 0) is 43.5 Å². The van der Waals surface area contributed by atoms with Gasteiger partial charge >= 0.3 is 0 Å². The molecule has 1 atom stereocenters. The largest absolute Gasteiger partial charge is 0.484 e. The van der Waals surface area contributed by atoms with Crippen molar-refractivity contribution in [3.8, 4) is 5.75 Å².